The largest absolute Gasteiger partial charge is 0.309 e. The zero-order valence-electron chi connectivity index (χ0n) is 14.0. The first-order chi connectivity index (χ1) is 11.6. The number of aromatic amines is 1. The Kier molecular flexibility index (Phi) is 5.28. The van der Waals surface area contributed by atoms with Crippen LogP contribution in [0.3, 0.4) is 0 Å². The van der Waals surface area contributed by atoms with E-state index in [1.165, 1.54) is 0 Å². The Morgan fingerprint density at radius 3 is 2.38 bits per heavy atom. The van der Waals surface area contributed by atoms with Crippen LogP contribution in [0.15, 0.2) is 48.8 Å². The van der Waals surface area contributed by atoms with Crippen LogP contribution >= 0.6 is 11.6 Å². The molecule has 0 saturated carbocycles. The second-order valence-electron chi connectivity index (χ2n) is 6.08. The molecule has 0 aliphatic heterocycles. The highest BCUT2D eigenvalue weighted by atomic mass is 35.5. The lowest BCUT2D eigenvalue weighted by Crippen LogP contribution is -2.13. The van der Waals surface area contributed by atoms with Crippen molar-refractivity contribution in [3.8, 4) is 22.4 Å². The van der Waals surface area contributed by atoms with E-state index in [9.17, 15) is 0 Å². The third kappa shape index (κ3) is 3.83. The predicted molar refractivity (Wildman–Crippen MR) is 99.1 cm³/mol. The van der Waals surface area contributed by atoms with Gasteiger partial charge in [-0.25, -0.2) is 0 Å². The lowest BCUT2D eigenvalue weighted by atomic mass is 9.98. The first-order valence-corrected chi connectivity index (χ1v) is 8.41. The Balaban J connectivity index is 1.99. The molecule has 5 heteroatoms. The highest BCUT2D eigenvalue weighted by molar-refractivity contribution is 6.30. The zero-order chi connectivity index (χ0) is 16.9. The SMILES string of the molecule is CN(C)CCCc1[nH]nc(-c2ccc(Cl)cc2)c1-c1ccncc1. The van der Waals surface area contributed by atoms with E-state index in [1.54, 1.807) is 0 Å². The Bertz CT molecular complexity index is 779. The van der Waals surface area contributed by atoms with E-state index in [2.05, 4.69) is 34.2 Å². The number of benzene rings is 1. The molecule has 4 nitrogen and oxygen atoms in total. The average molecular weight is 341 g/mol. The van der Waals surface area contributed by atoms with Gasteiger partial charge in [-0.2, -0.15) is 5.10 Å². The summed E-state index contributed by atoms with van der Waals surface area (Å²) >= 11 is 6.02. The predicted octanol–water partition coefficient (Wildman–Crippen LogP) is 4.29. The van der Waals surface area contributed by atoms with E-state index in [0.717, 1.165) is 52.5 Å². The summed E-state index contributed by atoms with van der Waals surface area (Å²) in [5, 5.41) is 8.55. The number of hydrogen-bond acceptors (Lipinski definition) is 3. The average Bonchev–Trinajstić information content (AvgIpc) is 3.00. The van der Waals surface area contributed by atoms with Gasteiger partial charge in [-0.3, -0.25) is 10.1 Å². The van der Waals surface area contributed by atoms with Crippen molar-refractivity contribution in [3.63, 3.8) is 0 Å². The molecule has 0 amide bonds. The summed E-state index contributed by atoms with van der Waals surface area (Å²) < 4.78 is 0. The molecule has 2 aromatic heterocycles. The maximum absolute atomic E-state index is 6.02. The molecule has 124 valence electrons. The fourth-order valence-electron chi connectivity index (χ4n) is 2.78. The van der Waals surface area contributed by atoms with Crippen molar-refractivity contribution in [3.05, 3.63) is 59.5 Å². The summed E-state index contributed by atoms with van der Waals surface area (Å²) in [5.41, 5.74) is 5.45. The van der Waals surface area contributed by atoms with Gasteiger partial charge in [0.15, 0.2) is 0 Å². The monoisotopic (exact) mass is 340 g/mol. The van der Waals surface area contributed by atoms with Gasteiger partial charge < -0.3 is 4.90 Å². The van der Waals surface area contributed by atoms with Crippen LogP contribution in [0.2, 0.25) is 5.02 Å². The second kappa shape index (κ2) is 7.60. The molecule has 0 unspecified atom stereocenters. The Morgan fingerprint density at radius 1 is 1.00 bits per heavy atom. The summed E-state index contributed by atoms with van der Waals surface area (Å²) in [4.78, 5) is 6.33. The number of nitrogens with zero attached hydrogens (tertiary/aromatic N) is 3. The smallest absolute Gasteiger partial charge is 0.100 e. The molecule has 0 atom stereocenters. The molecular weight excluding hydrogens is 320 g/mol. The Labute approximate surface area is 147 Å². The van der Waals surface area contributed by atoms with Crippen LogP contribution in [0.1, 0.15) is 12.1 Å². The van der Waals surface area contributed by atoms with Crippen LogP contribution in [-0.4, -0.2) is 40.7 Å². The number of aryl methyl sites for hydroxylation is 1. The minimum absolute atomic E-state index is 0.728. The maximum atomic E-state index is 6.02. The molecule has 0 spiro atoms. The van der Waals surface area contributed by atoms with Gasteiger partial charge in [-0.1, -0.05) is 23.7 Å². The molecule has 3 aromatic rings. The van der Waals surface area contributed by atoms with E-state index in [-0.39, 0.29) is 0 Å². The summed E-state index contributed by atoms with van der Waals surface area (Å²) in [6.45, 7) is 1.05. The van der Waals surface area contributed by atoms with Gasteiger partial charge in [-0.15, -0.1) is 0 Å². The highest BCUT2D eigenvalue weighted by Crippen LogP contribution is 2.34. The van der Waals surface area contributed by atoms with Crippen LogP contribution < -0.4 is 0 Å². The minimum atomic E-state index is 0.728. The summed E-state index contributed by atoms with van der Waals surface area (Å²) in [5.74, 6) is 0. The fourth-order valence-corrected chi connectivity index (χ4v) is 2.90. The number of rotatable bonds is 6. The van der Waals surface area contributed by atoms with Crippen LogP contribution in [0.4, 0.5) is 0 Å². The third-order valence-corrected chi connectivity index (χ3v) is 4.21. The number of H-pyrrole nitrogens is 1. The van der Waals surface area contributed by atoms with Gasteiger partial charge in [-0.05, 0) is 63.3 Å². The molecule has 3 rings (SSSR count). The van der Waals surface area contributed by atoms with Crippen molar-refractivity contribution in [1.82, 2.24) is 20.1 Å². The molecule has 0 bridgehead atoms. The van der Waals surface area contributed by atoms with Crippen LogP contribution in [0, 0.1) is 0 Å². The van der Waals surface area contributed by atoms with Gasteiger partial charge in [0.25, 0.3) is 0 Å². The number of pyridine rings is 1. The number of nitrogens with one attached hydrogen (secondary N) is 1. The second-order valence-corrected chi connectivity index (χ2v) is 6.51. The minimum Gasteiger partial charge on any atom is -0.309 e. The molecule has 0 aliphatic rings. The lowest BCUT2D eigenvalue weighted by molar-refractivity contribution is 0.399. The summed E-state index contributed by atoms with van der Waals surface area (Å²) in [6.07, 6.45) is 5.67. The first-order valence-electron chi connectivity index (χ1n) is 8.03. The number of hydrogen-bond donors (Lipinski definition) is 1. The van der Waals surface area contributed by atoms with E-state index in [1.807, 2.05) is 48.8 Å². The molecule has 0 fully saturated rings. The van der Waals surface area contributed by atoms with E-state index in [0.29, 0.717) is 0 Å². The molecule has 2 heterocycles. The quantitative estimate of drug-likeness (QED) is 0.728. The zero-order valence-corrected chi connectivity index (χ0v) is 14.7. The maximum Gasteiger partial charge on any atom is 0.100 e. The first kappa shape index (κ1) is 16.7. The van der Waals surface area contributed by atoms with Crippen molar-refractivity contribution in [2.45, 2.75) is 12.8 Å². The van der Waals surface area contributed by atoms with Crippen molar-refractivity contribution >= 4 is 11.6 Å². The van der Waals surface area contributed by atoms with Gasteiger partial charge in [0.1, 0.15) is 5.69 Å². The summed E-state index contributed by atoms with van der Waals surface area (Å²) in [7, 11) is 4.19. The molecule has 24 heavy (non-hydrogen) atoms. The molecule has 1 aromatic carbocycles. The van der Waals surface area contributed by atoms with Gasteiger partial charge in [0.2, 0.25) is 0 Å². The van der Waals surface area contributed by atoms with Crippen LogP contribution in [-0.2, 0) is 6.42 Å². The molecular formula is C19H21ClN4. The normalized spacial score (nSPS) is 11.2. The van der Waals surface area contributed by atoms with Crippen LogP contribution in [0.25, 0.3) is 22.4 Å². The van der Waals surface area contributed by atoms with Crippen molar-refractivity contribution in [2.75, 3.05) is 20.6 Å². The standard InChI is InChI=1S/C19H21ClN4/c1-24(2)13-3-4-17-18(14-9-11-21-12-10-14)19(23-22-17)15-5-7-16(20)8-6-15/h5-12H,3-4,13H2,1-2H3,(H,22,23). The molecule has 0 radical (unpaired) electrons. The van der Waals surface area contributed by atoms with Crippen molar-refractivity contribution < 1.29 is 0 Å². The molecule has 0 aliphatic carbocycles. The molecule has 0 saturated heterocycles. The Morgan fingerprint density at radius 2 is 1.71 bits per heavy atom. The molecule has 1 N–H and O–H groups in total. The van der Waals surface area contributed by atoms with Gasteiger partial charge >= 0.3 is 0 Å². The van der Waals surface area contributed by atoms with Crippen LogP contribution in [0.5, 0.6) is 0 Å². The third-order valence-electron chi connectivity index (χ3n) is 3.96. The van der Waals surface area contributed by atoms with Gasteiger partial charge in [0.05, 0.1) is 0 Å². The summed E-state index contributed by atoms with van der Waals surface area (Å²) in [6, 6.07) is 11.9. The Hall–Kier alpha value is -2.17. The highest BCUT2D eigenvalue weighted by Gasteiger charge is 2.16. The number of aromatic nitrogens is 3. The van der Waals surface area contributed by atoms with E-state index >= 15 is 0 Å². The van der Waals surface area contributed by atoms with Crippen molar-refractivity contribution in [1.29, 1.82) is 0 Å². The fraction of sp³-hybridized carbons (Fsp3) is 0.263. The topological polar surface area (TPSA) is 44.8 Å². The number of halogens is 1. The lowest BCUT2D eigenvalue weighted by Gasteiger charge is -2.10. The van der Waals surface area contributed by atoms with E-state index in [4.69, 9.17) is 11.6 Å². The van der Waals surface area contributed by atoms with Gasteiger partial charge in [0, 0.05) is 34.2 Å². The van der Waals surface area contributed by atoms with Crippen molar-refractivity contribution in [2.24, 2.45) is 0 Å². The van der Waals surface area contributed by atoms with E-state index < -0.39 is 0 Å².